The highest BCUT2D eigenvalue weighted by Crippen LogP contribution is 2.36. The van der Waals surface area contributed by atoms with Crippen molar-refractivity contribution in [2.45, 2.75) is 6.54 Å². The summed E-state index contributed by atoms with van der Waals surface area (Å²) in [6.07, 6.45) is 1.48. The molecular formula is C26H19ClFN3O7S. The van der Waals surface area contributed by atoms with Gasteiger partial charge in [-0.15, -0.1) is 0 Å². The average Bonchev–Trinajstić information content (AvgIpc) is 3.17. The van der Waals surface area contributed by atoms with Crippen molar-refractivity contribution in [1.29, 1.82) is 0 Å². The van der Waals surface area contributed by atoms with Crippen LogP contribution in [0.15, 0.2) is 65.6 Å². The Hall–Kier alpha value is -4.42. The van der Waals surface area contributed by atoms with E-state index in [0.717, 1.165) is 4.90 Å². The van der Waals surface area contributed by atoms with Gasteiger partial charge in [-0.3, -0.25) is 29.4 Å². The van der Waals surface area contributed by atoms with Crippen LogP contribution in [0.3, 0.4) is 0 Å². The quantitative estimate of drug-likeness (QED) is 0.198. The number of nitro benzene ring substituents is 1. The Balaban J connectivity index is 1.43. The van der Waals surface area contributed by atoms with Crippen LogP contribution in [0.5, 0.6) is 11.5 Å². The molecule has 0 spiro atoms. The van der Waals surface area contributed by atoms with Crippen molar-refractivity contribution in [3.8, 4) is 11.5 Å². The minimum absolute atomic E-state index is 0.0420. The number of hydrogen-bond acceptors (Lipinski definition) is 8. The molecule has 1 N–H and O–H groups in total. The molecule has 200 valence electrons. The van der Waals surface area contributed by atoms with Crippen LogP contribution in [-0.4, -0.2) is 40.6 Å². The van der Waals surface area contributed by atoms with Gasteiger partial charge in [-0.1, -0.05) is 29.8 Å². The van der Waals surface area contributed by atoms with Gasteiger partial charge in [0, 0.05) is 28.4 Å². The zero-order valence-electron chi connectivity index (χ0n) is 20.2. The minimum Gasteiger partial charge on any atom is -0.493 e. The first-order valence-electron chi connectivity index (χ1n) is 11.2. The van der Waals surface area contributed by atoms with E-state index < -0.39 is 34.4 Å². The fourth-order valence-corrected chi connectivity index (χ4v) is 4.62. The predicted octanol–water partition coefficient (Wildman–Crippen LogP) is 5.65. The molecule has 4 rings (SSSR count). The standard InChI is InChI=1S/C26H19ClFN3O7S/c1-37-22-10-15(8-9-21(22)38-14-24(32)29-16-4-2-5-17(12-16)31(35)36)11-23-25(33)30(26(34)39-23)13-18-19(27)6-3-7-20(18)28/h2-12H,13-14H2,1H3,(H,29,32)/b23-11-. The summed E-state index contributed by atoms with van der Waals surface area (Å²) < 4.78 is 25.0. The molecule has 10 nitrogen and oxygen atoms in total. The van der Waals surface area contributed by atoms with Crippen LogP contribution < -0.4 is 14.8 Å². The number of nitrogens with one attached hydrogen (secondary N) is 1. The van der Waals surface area contributed by atoms with Crippen molar-refractivity contribution in [2.75, 3.05) is 19.0 Å². The minimum atomic E-state index is -0.621. The summed E-state index contributed by atoms with van der Waals surface area (Å²) in [5.41, 5.74) is 0.626. The Morgan fingerprint density at radius 1 is 1.15 bits per heavy atom. The monoisotopic (exact) mass is 571 g/mol. The van der Waals surface area contributed by atoms with E-state index in [0.29, 0.717) is 17.3 Å². The molecule has 1 aliphatic rings. The fraction of sp³-hybridized carbons (Fsp3) is 0.115. The molecule has 0 saturated carbocycles. The van der Waals surface area contributed by atoms with E-state index in [1.54, 1.807) is 12.1 Å². The number of benzene rings is 3. The van der Waals surface area contributed by atoms with Gasteiger partial charge in [0.2, 0.25) is 0 Å². The number of halogens is 2. The number of anilines is 1. The van der Waals surface area contributed by atoms with E-state index in [1.165, 1.54) is 61.7 Å². The second-order valence-corrected chi connectivity index (χ2v) is 9.42. The maximum Gasteiger partial charge on any atom is 0.293 e. The molecule has 0 aliphatic carbocycles. The van der Waals surface area contributed by atoms with Crippen LogP contribution in [0.25, 0.3) is 6.08 Å². The third kappa shape index (κ3) is 6.54. The van der Waals surface area contributed by atoms with Crippen molar-refractivity contribution >= 4 is 57.9 Å². The Morgan fingerprint density at radius 3 is 2.64 bits per heavy atom. The van der Waals surface area contributed by atoms with Crippen LogP contribution in [-0.2, 0) is 16.1 Å². The second kappa shape index (κ2) is 12.0. The molecular weight excluding hydrogens is 553 g/mol. The number of carbonyl (C=O) groups is 3. The zero-order valence-corrected chi connectivity index (χ0v) is 21.8. The number of amides is 3. The van der Waals surface area contributed by atoms with Gasteiger partial charge in [0.15, 0.2) is 18.1 Å². The van der Waals surface area contributed by atoms with Crippen molar-refractivity contribution < 1.29 is 33.2 Å². The SMILES string of the molecule is COc1cc(/C=C2\SC(=O)N(Cc3c(F)cccc3Cl)C2=O)ccc1OCC(=O)Nc1cccc([N+](=O)[O-])c1. The number of hydrogen-bond donors (Lipinski definition) is 1. The van der Waals surface area contributed by atoms with Crippen LogP contribution >= 0.6 is 23.4 Å². The van der Waals surface area contributed by atoms with Gasteiger partial charge in [-0.25, -0.2) is 4.39 Å². The highest BCUT2D eigenvalue weighted by Gasteiger charge is 2.36. The maximum atomic E-state index is 14.2. The van der Waals surface area contributed by atoms with E-state index in [9.17, 15) is 28.9 Å². The van der Waals surface area contributed by atoms with Gasteiger partial charge in [0.05, 0.1) is 23.5 Å². The third-order valence-electron chi connectivity index (χ3n) is 5.44. The third-order valence-corrected chi connectivity index (χ3v) is 6.70. The molecule has 0 unspecified atom stereocenters. The summed E-state index contributed by atoms with van der Waals surface area (Å²) in [5, 5.41) is 13.0. The Bertz CT molecular complexity index is 1490. The van der Waals surface area contributed by atoms with E-state index >= 15 is 0 Å². The summed E-state index contributed by atoms with van der Waals surface area (Å²) in [6, 6.07) is 14.2. The Morgan fingerprint density at radius 2 is 1.92 bits per heavy atom. The topological polar surface area (TPSA) is 128 Å². The molecule has 1 aliphatic heterocycles. The first-order valence-corrected chi connectivity index (χ1v) is 12.4. The summed E-state index contributed by atoms with van der Waals surface area (Å²) in [7, 11) is 1.39. The van der Waals surface area contributed by atoms with Gasteiger partial charge in [0.25, 0.3) is 22.7 Å². The van der Waals surface area contributed by atoms with Crippen LogP contribution in [0.1, 0.15) is 11.1 Å². The van der Waals surface area contributed by atoms with Crippen molar-refractivity contribution in [2.24, 2.45) is 0 Å². The van der Waals surface area contributed by atoms with Crippen LogP contribution in [0, 0.1) is 15.9 Å². The number of ether oxygens (including phenoxy) is 2. The van der Waals surface area contributed by atoms with Crippen molar-refractivity contribution in [1.82, 2.24) is 4.90 Å². The highest BCUT2D eigenvalue weighted by molar-refractivity contribution is 8.18. The molecule has 3 aromatic carbocycles. The molecule has 13 heteroatoms. The molecule has 1 heterocycles. The maximum absolute atomic E-state index is 14.2. The van der Waals surface area contributed by atoms with Gasteiger partial charge in [-0.05, 0) is 53.7 Å². The molecule has 0 radical (unpaired) electrons. The molecule has 0 atom stereocenters. The van der Waals surface area contributed by atoms with Gasteiger partial charge in [0.1, 0.15) is 5.82 Å². The fourth-order valence-electron chi connectivity index (χ4n) is 3.56. The largest absolute Gasteiger partial charge is 0.493 e. The lowest BCUT2D eigenvalue weighted by atomic mass is 10.1. The number of carbonyl (C=O) groups excluding carboxylic acids is 3. The summed E-state index contributed by atoms with van der Waals surface area (Å²) in [4.78, 5) is 49.0. The number of rotatable bonds is 9. The molecule has 1 fully saturated rings. The number of methoxy groups -OCH3 is 1. The predicted molar refractivity (Wildman–Crippen MR) is 143 cm³/mol. The van der Waals surface area contributed by atoms with Crippen molar-refractivity contribution in [3.63, 3.8) is 0 Å². The van der Waals surface area contributed by atoms with Gasteiger partial charge in [-0.2, -0.15) is 0 Å². The first-order chi connectivity index (χ1) is 18.7. The van der Waals surface area contributed by atoms with Gasteiger partial charge < -0.3 is 14.8 Å². The van der Waals surface area contributed by atoms with E-state index in [4.69, 9.17) is 21.1 Å². The summed E-state index contributed by atoms with van der Waals surface area (Å²) >= 11 is 6.74. The van der Waals surface area contributed by atoms with Gasteiger partial charge >= 0.3 is 0 Å². The molecule has 0 aromatic heterocycles. The number of imide groups is 1. The molecule has 0 bridgehead atoms. The van der Waals surface area contributed by atoms with Crippen LogP contribution in [0.2, 0.25) is 5.02 Å². The number of non-ortho nitro benzene ring substituents is 1. The van der Waals surface area contributed by atoms with E-state index in [1.807, 2.05) is 0 Å². The normalized spacial score (nSPS) is 14.0. The smallest absolute Gasteiger partial charge is 0.293 e. The van der Waals surface area contributed by atoms with E-state index in [2.05, 4.69) is 5.32 Å². The van der Waals surface area contributed by atoms with Crippen molar-refractivity contribution in [3.05, 3.63) is 97.6 Å². The number of nitrogens with zero attached hydrogens (tertiary/aromatic N) is 2. The summed E-state index contributed by atoms with van der Waals surface area (Å²) in [6.45, 7) is -0.710. The lowest BCUT2D eigenvalue weighted by molar-refractivity contribution is -0.384. The Labute approximate surface area is 230 Å². The lowest BCUT2D eigenvalue weighted by Crippen LogP contribution is -2.28. The van der Waals surface area contributed by atoms with E-state index in [-0.39, 0.29) is 44.9 Å². The summed E-state index contributed by atoms with van der Waals surface area (Å²) in [5.74, 6) is -1.29. The van der Waals surface area contributed by atoms with Crippen LogP contribution in [0.4, 0.5) is 20.6 Å². The highest BCUT2D eigenvalue weighted by atomic mass is 35.5. The average molecular weight is 572 g/mol. The molecule has 39 heavy (non-hydrogen) atoms. The molecule has 3 aromatic rings. The lowest BCUT2D eigenvalue weighted by Gasteiger charge is -2.14. The molecule has 1 saturated heterocycles. The Kier molecular flexibility index (Phi) is 8.47. The number of thioether (sulfide) groups is 1. The first kappa shape index (κ1) is 27.6. The zero-order chi connectivity index (χ0) is 28.1. The molecule has 3 amide bonds. The number of nitro groups is 1. The second-order valence-electron chi connectivity index (χ2n) is 8.02.